The van der Waals surface area contributed by atoms with Gasteiger partial charge in [0.05, 0.1) is 5.60 Å². The molecule has 0 spiro atoms. The Balaban J connectivity index is 2.41. The largest absolute Gasteiger partial charge is 0.389 e. The highest BCUT2D eigenvalue weighted by Gasteiger charge is 2.19. The molecule has 18 heavy (non-hydrogen) atoms. The SMILES string of the molecule is COCCC(C)(O)CNCc1ccc(F)cc1Br. The third-order valence-corrected chi connectivity index (χ3v) is 3.42. The highest BCUT2D eigenvalue weighted by atomic mass is 79.9. The van der Waals surface area contributed by atoms with Gasteiger partial charge in [0.25, 0.3) is 0 Å². The van der Waals surface area contributed by atoms with Gasteiger partial charge in [0.15, 0.2) is 0 Å². The second-order valence-corrected chi connectivity index (χ2v) is 5.43. The van der Waals surface area contributed by atoms with Gasteiger partial charge in [0, 0.05) is 37.7 Å². The van der Waals surface area contributed by atoms with Crippen molar-refractivity contribution < 1.29 is 14.2 Å². The molecule has 1 aromatic carbocycles. The minimum Gasteiger partial charge on any atom is -0.389 e. The van der Waals surface area contributed by atoms with Gasteiger partial charge in [-0.2, -0.15) is 0 Å². The van der Waals surface area contributed by atoms with Gasteiger partial charge in [-0.3, -0.25) is 0 Å². The average Bonchev–Trinajstić information content (AvgIpc) is 2.29. The molecule has 2 N–H and O–H groups in total. The topological polar surface area (TPSA) is 41.5 Å². The molecule has 5 heteroatoms. The number of hydrogen-bond donors (Lipinski definition) is 2. The van der Waals surface area contributed by atoms with Crippen LogP contribution in [0.25, 0.3) is 0 Å². The van der Waals surface area contributed by atoms with E-state index < -0.39 is 5.60 Å². The summed E-state index contributed by atoms with van der Waals surface area (Å²) in [6, 6.07) is 4.57. The summed E-state index contributed by atoms with van der Waals surface area (Å²) in [5.74, 6) is -0.266. The first kappa shape index (κ1) is 15.6. The average molecular weight is 320 g/mol. The molecule has 0 heterocycles. The van der Waals surface area contributed by atoms with E-state index in [1.54, 1.807) is 20.1 Å². The molecule has 102 valence electrons. The molecule has 0 aliphatic heterocycles. The lowest BCUT2D eigenvalue weighted by molar-refractivity contribution is 0.0247. The van der Waals surface area contributed by atoms with Crippen molar-refractivity contribution in [1.82, 2.24) is 5.32 Å². The van der Waals surface area contributed by atoms with E-state index in [9.17, 15) is 9.50 Å². The lowest BCUT2D eigenvalue weighted by Crippen LogP contribution is -2.38. The van der Waals surface area contributed by atoms with Gasteiger partial charge in [-0.1, -0.05) is 22.0 Å². The van der Waals surface area contributed by atoms with E-state index in [2.05, 4.69) is 21.2 Å². The molecule has 0 radical (unpaired) electrons. The Labute approximate surface area is 115 Å². The first-order valence-electron chi connectivity index (χ1n) is 5.80. The van der Waals surface area contributed by atoms with E-state index >= 15 is 0 Å². The summed E-state index contributed by atoms with van der Waals surface area (Å²) in [5, 5.41) is 13.2. The van der Waals surface area contributed by atoms with E-state index in [0.29, 0.717) is 26.1 Å². The van der Waals surface area contributed by atoms with Crippen LogP contribution in [0.2, 0.25) is 0 Å². The monoisotopic (exact) mass is 319 g/mol. The maximum Gasteiger partial charge on any atom is 0.124 e. The molecule has 0 saturated carbocycles. The summed E-state index contributed by atoms with van der Waals surface area (Å²) in [7, 11) is 1.61. The van der Waals surface area contributed by atoms with E-state index in [1.807, 2.05) is 0 Å². The van der Waals surface area contributed by atoms with Crippen LogP contribution in [-0.2, 0) is 11.3 Å². The Morgan fingerprint density at radius 2 is 2.22 bits per heavy atom. The number of rotatable bonds is 7. The van der Waals surface area contributed by atoms with Gasteiger partial charge >= 0.3 is 0 Å². The number of halogens is 2. The summed E-state index contributed by atoms with van der Waals surface area (Å²) in [4.78, 5) is 0. The molecule has 1 rings (SSSR count). The van der Waals surface area contributed by atoms with Gasteiger partial charge in [-0.05, 0) is 24.6 Å². The van der Waals surface area contributed by atoms with Crippen molar-refractivity contribution >= 4 is 15.9 Å². The quantitative estimate of drug-likeness (QED) is 0.811. The van der Waals surface area contributed by atoms with Gasteiger partial charge in [0.1, 0.15) is 5.82 Å². The summed E-state index contributed by atoms with van der Waals surface area (Å²) in [5.41, 5.74) is 0.154. The number of benzene rings is 1. The first-order valence-corrected chi connectivity index (χ1v) is 6.60. The van der Waals surface area contributed by atoms with E-state index in [0.717, 1.165) is 10.0 Å². The zero-order valence-electron chi connectivity index (χ0n) is 10.7. The van der Waals surface area contributed by atoms with E-state index in [1.165, 1.54) is 12.1 Å². The van der Waals surface area contributed by atoms with Crippen LogP contribution in [-0.4, -0.2) is 31.0 Å². The Morgan fingerprint density at radius 3 is 2.83 bits per heavy atom. The molecule has 0 amide bonds. The van der Waals surface area contributed by atoms with E-state index in [-0.39, 0.29) is 5.82 Å². The van der Waals surface area contributed by atoms with Crippen LogP contribution >= 0.6 is 15.9 Å². The van der Waals surface area contributed by atoms with Gasteiger partial charge < -0.3 is 15.2 Å². The molecule has 3 nitrogen and oxygen atoms in total. The molecule has 1 atom stereocenters. The summed E-state index contributed by atoms with van der Waals surface area (Å²) < 4.78 is 18.6. The molecule has 0 fully saturated rings. The number of aliphatic hydroxyl groups is 1. The number of methoxy groups -OCH3 is 1. The molecule has 0 aliphatic carbocycles. The zero-order chi connectivity index (χ0) is 13.6. The minimum atomic E-state index is -0.803. The van der Waals surface area contributed by atoms with Crippen molar-refractivity contribution in [1.29, 1.82) is 0 Å². The molecular weight excluding hydrogens is 301 g/mol. The lowest BCUT2D eigenvalue weighted by atomic mass is 10.0. The van der Waals surface area contributed by atoms with Crippen molar-refractivity contribution in [2.24, 2.45) is 0 Å². The third-order valence-electron chi connectivity index (χ3n) is 2.68. The Morgan fingerprint density at radius 1 is 1.50 bits per heavy atom. The van der Waals surface area contributed by atoms with Crippen LogP contribution < -0.4 is 5.32 Å². The fourth-order valence-electron chi connectivity index (χ4n) is 1.54. The standard InChI is InChI=1S/C13H19BrFNO2/c1-13(17,5-6-18-2)9-16-8-10-3-4-11(15)7-12(10)14/h3-4,7,16-17H,5-6,8-9H2,1-2H3. The van der Waals surface area contributed by atoms with Crippen molar-refractivity contribution in [3.63, 3.8) is 0 Å². The lowest BCUT2D eigenvalue weighted by Gasteiger charge is -2.23. The second kappa shape index (κ2) is 7.19. The third kappa shape index (κ3) is 5.44. The molecule has 0 bridgehead atoms. The van der Waals surface area contributed by atoms with Crippen LogP contribution in [0.5, 0.6) is 0 Å². The van der Waals surface area contributed by atoms with Crippen molar-refractivity contribution in [2.75, 3.05) is 20.3 Å². The summed E-state index contributed by atoms with van der Waals surface area (Å²) in [6.07, 6.45) is 0.571. The highest BCUT2D eigenvalue weighted by molar-refractivity contribution is 9.10. The van der Waals surface area contributed by atoms with Crippen LogP contribution in [0, 0.1) is 5.82 Å². The maximum atomic E-state index is 12.9. The fourth-order valence-corrected chi connectivity index (χ4v) is 2.03. The van der Waals surface area contributed by atoms with Crippen LogP contribution in [0.4, 0.5) is 4.39 Å². The molecule has 0 saturated heterocycles. The second-order valence-electron chi connectivity index (χ2n) is 4.58. The summed E-state index contributed by atoms with van der Waals surface area (Å²) in [6.45, 7) is 3.32. The van der Waals surface area contributed by atoms with Gasteiger partial charge in [0.2, 0.25) is 0 Å². The number of ether oxygens (including phenoxy) is 1. The minimum absolute atomic E-state index is 0.266. The van der Waals surface area contributed by atoms with Gasteiger partial charge in [-0.25, -0.2) is 4.39 Å². The predicted octanol–water partition coefficient (Wildman–Crippen LogP) is 2.47. The normalized spacial score (nSPS) is 14.5. The van der Waals surface area contributed by atoms with Crippen LogP contribution in [0.15, 0.2) is 22.7 Å². The van der Waals surface area contributed by atoms with E-state index in [4.69, 9.17) is 4.74 Å². The number of nitrogens with one attached hydrogen (secondary N) is 1. The van der Waals surface area contributed by atoms with Crippen molar-refractivity contribution in [3.05, 3.63) is 34.1 Å². The van der Waals surface area contributed by atoms with Crippen molar-refractivity contribution in [3.8, 4) is 0 Å². The molecule has 0 aliphatic rings. The Hall–Kier alpha value is -0.490. The predicted molar refractivity (Wildman–Crippen MR) is 72.9 cm³/mol. The van der Waals surface area contributed by atoms with Crippen LogP contribution in [0.3, 0.4) is 0 Å². The molecule has 1 aromatic rings. The number of hydrogen-bond acceptors (Lipinski definition) is 3. The summed E-state index contributed by atoms with van der Waals surface area (Å²) >= 11 is 3.31. The maximum absolute atomic E-state index is 12.9. The van der Waals surface area contributed by atoms with Crippen molar-refractivity contribution in [2.45, 2.75) is 25.5 Å². The van der Waals surface area contributed by atoms with Crippen LogP contribution in [0.1, 0.15) is 18.9 Å². The smallest absolute Gasteiger partial charge is 0.124 e. The van der Waals surface area contributed by atoms with Gasteiger partial charge in [-0.15, -0.1) is 0 Å². The molecule has 0 aromatic heterocycles. The highest BCUT2D eigenvalue weighted by Crippen LogP contribution is 2.18. The Bertz CT molecular complexity index is 385. The molecule has 1 unspecified atom stereocenters. The Kier molecular flexibility index (Phi) is 6.21. The molecular formula is C13H19BrFNO2. The fraction of sp³-hybridized carbons (Fsp3) is 0.538. The zero-order valence-corrected chi connectivity index (χ0v) is 12.3. The first-order chi connectivity index (χ1) is 8.44.